The van der Waals surface area contributed by atoms with Crippen molar-refractivity contribution < 1.29 is 27.0 Å². The van der Waals surface area contributed by atoms with Gasteiger partial charge in [-0.3, -0.25) is 4.58 Å². The molecule has 1 aliphatic heterocycles. The second-order valence-electron chi connectivity index (χ2n) is 10.4. The van der Waals surface area contributed by atoms with E-state index >= 15 is 0 Å². The molecule has 0 fully saturated rings. The van der Waals surface area contributed by atoms with Gasteiger partial charge in [0.05, 0.1) is 5.56 Å². The predicted octanol–water partition coefficient (Wildman–Crippen LogP) is 7.90. The van der Waals surface area contributed by atoms with Crippen molar-refractivity contribution in [3.05, 3.63) is 107 Å². The zero-order valence-corrected chi connectivity index (χ0v) is 22.2. The van der Waals surface area contributed by atoms with Crippen LogP contribution in [0.4, 0.5) is 17.6 Å². The van der Waals surface area contributed by atoms with Crippen LogP contribution in [0.3, 0.4) is 0 Å². The van der Waals surface area contributed by atoms with Crippen LogP contribution in [0.5, 0.6) is 0 Å². The molecule has 0 amide bonds. The molecule has 0 spiro atoms. The van der Waals surface area contributed by atoms with E-state index in [0.717, 1.165) is 12.1 Å². The summed E-state index contributed by atoms with van der Waals surface area (Å²) in [6.45, 7) is 10.1. The minimum absolute atomic E-state index is 0.230. The Kier molecular flexibility index (Phi) is 7.00. The second-order valence-corrected chi connectivity index (χ2v) is 15.1. The van der Waals surface area contributed by atoms with Crippen LogP contribution in [-0.4, -0.2) is 19.9 Å². The van der Waals surface area contributed by atoms with Crippen LogP contribution in [0.1, 0.15) is 43.0 Å². The van der Waals surface area contributed by atoms with Gasteiger partial charge in [-0.15, -0.1) is 0 Å². The fourth-order valence-electron chi connectivity index (χ4n) is 3.48. The van der Waals surface area contributed by atoms with Gasteiger partial charge in [0.25, 0.3) is 5.72 Å². The smallest absolute Gasteiger partial charge is 0.283 e. The SMILES string of the molecule is CC(C)(C)[Si](C)(C)OO[C@@]1(c2ccc(C(F)(F)F)cc2)N=C(c2ccccc2)N=C1c1ccc(F)cc1. The number of rotatable bonds is 6. The molecule has 0 unspecified atom stereocenters. The Morgan fingerprint density at radius 3 is 1.92 bits per heavy atom. The zero-order valence-electron chi connectivity index (χ0n) is 21.2. The largest absolute Gasteiger partial charge is 0.416 e. The quantitative estimate of drug-likeness (QED) is 0.141. The molecule has 3 aromatic rings. The molecule has 1 aliphatic rings. The third kappa shape index (κ3) is 5.44. The summed E-state index contributed by atoms with van der Waals surface area (Å²) in [5.41, 5.74) is -0.759. The molecule has 0 N–H and O–H groups in total. The lowest BCUT2D eigenvalue weighted by Crippen LogP contribution is -2.45. The van der Waals surface area contributed by atoms with Crippen LogP contribution in [0.15, 0.2) is 88.8 Å². The van der Waals surface area contributed by atoms with Crippen molar-refractivity contribution in [3.63, 3.8) is 0 Å². The van der Waals surface area contributed by atoms with Crippen LogP contribution in [0, 0.1) is 5.82 Å². The van der Waals surface area contributed by atoms with Crippen LogP contribution in [-0.2, 0) is 21.4 Å². The van der Waals surface area contributed by atoms with Gasteiger partial charge in [-0.25, -0.2) is 19.3 Å². The molecule has 0 bridgehead atoms. The summed E-state index contributed by atoms with van der Waals surface area (Å²) in [6.07, 6.45) is -4.51. The van der Waals surface area contributed by atoms with E-state index in [1.165, 1.54) is 36.4 Å². The Hall–Kier alpha value is -3.14. The fraction of sp³-hybridized carbons (Fsp3) is 0.286. The van der Waals surface area contributed by atoms with E-state index < -0.39 is 31.6 Å². The molecule has 0 aliphatic carbocycles. The van der Waals surface area contributed by atoms with Crippen molar-refractivity contribution >= 4 is 19.9 Å². The molecule has 4 rings (SSSR count). The highest BCUT2D eigenvalue weighted by molar-refractivity contribution is 6.73. The summed E-state index contributed by atoms with van der Waals surface area (Å²) >= 11 is 0. The number of hydrogen-bond donors (Lipinski definition) is 0. The van der Waals surface area contributed by atoms with Gasteiger partial charge in [-0.05, 0) is 42.4 Å². The maximum absolute atomic E-state index is 13.8. The van der Waals surface area contributed by atoms with E-state index in [-0.39, 0.29) is 10.7 Å². The third-order valence-electron chi connectivity index (χ3n) is 6.73. The van der Waals surface area contributed by atoms with Gasteiger partial charge in [0.15, 0.2) is 5.84 Å². The molecule has 9 heteroatoms. The van der Waals surface area contributed by atoms with Crippen molar-refractivity contribution in [1.29, 1.82) is 0 Å². The van der Waals surface area contributed by atoms with Gasteiger partial charge in [0, 0.05) is 16.7 Å². The van der Waals surface area contributed by atoms with E-state index in [2.05, 4.69) is 0 Å². The molecule has 0 radical (unpaired) electrons. The van der Waals surface area contributed by atoms with Crippen molar-refractivity contribution in [1.82, 2.24) is 0 Å². The van der Waals surface area contributed by atoms with Crippen LogP contribution in [0.25, 0.3) is 0 Å². The van der Waals surface area contributed by atoms with Crippen LogP contribution >= 0.6 is 0 Å². The highest BCUT2D eigenvalue weighted by atomic mass is 28.4. The lowest BCUT2D eigenvalue weighted by Gasteiger charge is -2.38. The number of amidine groups is 1. The van der Waals surface area contributed by atoms with E-state index in [0.29, 0.717) is 22.5 Å². The molecule has 1 heterocycles. The summed E-state index contributed by atoms with van der Waals surface area (Å²) in [5.74, 6) is -0.122. The Bertz CT molecular complexity index is 1310. The molecule has 0 aromatic heterocycles. The summed E-state index contributed by atoms with van der Waals surface area (Å²) in [7, 11) is -2.52. The first-order chi connectivity index (χ1) is 17.2. The van der Waals surface area contributed by atoms with Crippen molar-refractivity contribution in [2.24, 2.45) is 9.98 Å². The highest BCUT2D eigenvalue weighted by Crippen LogP contribution is 2.43. The van der Waals surface area contributed by atoms with E-state index in [1.54, 1.807) is 0 Å². The molecule has 4 nitrogen and oxygen atoms in total. The van der Waals surface area contributed by atoms with Crippen molar-refractivity contribution in [3.8, 4) is 0 Å². The fourth-order valence-corrected chi connectivity index (χ4v) is 4.05. The lowest BCUT2D eigenvalue weighted by atomic mass is 9.92. The minimum atomic E-state index is -4.51. The highest BCUT2D eigenvalue weighted by Gasteiger charge is 2.49. The third-order valence-corrected chi connectivity index (χ3v) is 10.8. The van der Waals surface area contributed by atoms with Crippen LogP contribution in [0.2, 0.25) is 18.1 Å². The molecule has 194 valence electrons. The molecular formula is C28H28F4N2O2Si. The van der Waals surface area contributed by atoms with Gasteiger partial charge in [-0.2, -0.15) is 13.2 Å². The molecule has 0 saturated carbocycles. The first-order valence-corrected chi connectivity index (χ1v) is 14.7. The summed E-state index contributed by atoms with van der Waals surface area (Å²) in [4.78, 5) is 15.8. The maximum Gasteiger partial charge on any atom is 0.416 e. The normalized spacial score (nSPS) is 18.5. The zero-order chi connectivity index (χ0) is 27.1. The van der Waals surface area contributed by atoms with E-state index in [9.17, 15) is 17.6 Å². The van der Waals surface area contributed by atoms with Gasteiger partial charge in [0.1, 0.15) is 11.5 Å². The number of alkyl halides is 3. The number of nitrogens with zero attached hydrogens (tertiary/aromatic N) is 2. The summed E-state index contributed by atoms with van der Waals surface area (Å²) in [6, 6.07) is 19.4. The topological polar surface area (TPSA) is 43.2 Å². The number of hydrogen-bond acceptors (Lipinski definition) is 4. The first kappa shape index (κ1) is 26.9. The Morgan fingerprint density at radius 1 is 0.784 bits per heavy atom. The number of aliphatic imine (C=N–C) groups is 2. The average Bonchev–Trinajstić information content (AvgIpc) is 3.24. The van der Waals surface area contributed by atoms with Crippen molar-refractivity contribution in [2.45, 2.75) is 50.8 Å². The van der Waals surface area contributed by atoms with Gasteiger partial charge in [-0.1, -0.05) is 75.4 Å². The molecular weight excluding hydrogens is 500 g/mol. The van der Waals surface area contributed by atoms with Gasteiger partial charge >= 0.3 is 6.18 Å². The molecule has 3 aromatic carbocycles. The monoisotopic (exact) mass is 528 g/mol. The second kappa shape index (κ2) is 9.63. The Labute approximate surface area is 214 Å². The average molecular weight is 529 g/mol. The first-order valence-electron chi connectivity index (χ1n) is 11.8. The lowest BCUT2D eigenvalue weighted by molar-refractivity contribution is -0.282. The van der Waals surface area contributed by atoms with Gasteiger partial charge < -0.3 is 0 Å². The Morgan fingerprint density at radius 2 is 1.38 bits per heavy atom. The summed E-state index contributed by atoms with van der Waals surface area (Å²) < 4.78 is 60.0. The standard InChI is InChI=1S/C28H28F4N2O2Si/c1-26(2,3)37(4,5)36-35-27(21-13-15-22(16-14-21)28(30,31)32)24(19-11-17-23(29)18-12-19)33-25(34-27)20-9-7-6-8-10-20/h6-18H,1-5H3/t27-/m1/s1. The number of benzene rings is 3. The minimum Gasteiger partial charge on any atom is -0.283 e. The van der Waals surface area contributed by atoms with E-state index in [4.69, 9.17) is 19.4 Å². The maximum atomic E-state index is 13.8. The molecule has 1 atom stereocenters. The number of halogens is 4. The predicted molar refractivity (Wildman–Crippen MR) is 138 cm³/mol. The van der Waals surface area contributed by atoms with Crippen molar-refractivity contribution in [2.75, 3.05) is 0 Å². The van der Waals surface area contributed by atoms with Crippen LogP contribution < -0.4 is 0 Å². The molecule has 37 heavy (non-hydrogen) atoms. The van der Waals surface area contributed by atoms with E-state index in [1.807, 2.05) is 64.2 Å². The Balaban J connectivity index is 1.93. The van der Waals surface area contributed by atoms with Gasteiger partial charge in [0.2, 0.25) is 8.32 Å². The molecule has 0 saturated heterocycles. The summed E-state index contributed by atoms with van der Waals surface area (Å²) in [5, 5.41) is -0.230.